The minimum Gasteiger partial charge on any atom is -0.369 e. The van der Waals surface area contributed by atoms with E-state index in [1.165, 1.54) is 6.33 Å². The fourth-order valence-corrected chi connectivity index (χ4v) is 3.91. The van der Waals surface area contributed by atoms with E-state index < -0.39 is 10.3 Å². The number of aliphatic imine (C=N–C) groups is 1. The number of hydrogen-bond acceptors (Lipinski definition) is 7. The Morgan fingerprint density at radius 3 is 2.62 bits per heavy atom. The van der Waals surface area contributed by atoms with Crippen LogP contribution in [0, 0.1) is 12.3 Å². The van der Waals surface area contributed by atoms with Gasteiger partial charge in [-0.3, -0.25) is 4.57 Å². The Morgan fingerprint density at radius 1 is 1.29 bits per heavy atom. The van der Waals surface area contributed by atoms with Gasteiger partial charge in [-0.1, -0.05) is 41.5 Å². The highest BCUT2D eigenvalue weighted by Gasteiger charge is 2.40. The van der Waals surface area contributed by atoms with Gasteiger partial charge in [0.25, 0.3) is 0 Å². The number of imidazole rings is 1. The summed E-state index contributed by atoms with van der Waals surface area (Å²) in [5, 5.41) is 0. The third-order valence-corrected chi connectivity index (χ3v) is 9.30. The van der Waals surface area contributed by atoms with Crippen molar-refractivity contribution in [2.45, 2.75) is 65.2 Å². The van der Waals surface area contributed by atoms with Crippen molar-refractivity contribution in [3.05, 3.63) is 12.7 Å². The highest BCUT2D eigenvalue weighted by atomic mass is 32.3. The van der Waals surface area contributed by atoms with E-state index in [4.69, 9.17) is 20.1 Å². The molecule has 1 fully saturated rings. The smallest absolute Gasteiger partial charge is 0.184 e. The van der Waals surface area contributed by atoms with E-state index in [1.54, 1.807) is 12.7 Å². The molecule has 1 saturated heterocycles. The molecule has 0 amide bonds. The van der Waals surface area contributed by atoms with Crippen LogP contribution in [0.2, 0.25) is 0 Å². The lowest BCUT2D eigenvalue weighted by molar-refractivity contribution is -0.0490. The van der Waals surface area contributed by atoms with Crippen LogP contribution in [0.15, 0.2) is 17.6 Å². The van der Waals surface area contributed by atoms with Crippen LogP contribution in [0.3, 0.4) is 0 Å². The first-order chi connectivity index (χ1) is 15.0. The van der Waals surface area contributed by atoms with Crippen molar-refractivity contribution in [1.29, 1.82) is 0 Å². The summed E-state index contributed by atoms with van der Waals surface area (Å²) in [4.78, 5) is 19.4. The number of hydrogen-bond donors (Lipinski definition) is 0. The first kappa shape index (κ1) is 29.8. The number of ether oxygens (including phenoxy) is 2. The maximum absolute atomic E-state index is 6.38. The largest absolute Gasteiger partial charge is 0.369 e. The van der Waals surface area contributed by atoms with Crippen molar-refractivity contribution in [1.82, 2.24) is 24.4 Å². The Labute approximate surface area is 206 Å². The second-order valence-corrected chi connectivity index (χ2v) is 13.2. The molecule has 2 aromatic heterocycles. The van der Waals surface area contributed by atoms with E-state index in [0.29, 0.717) is 30.0 Å². The summed E-state index contributed by atoms with van der Waals surface area (Å²) in [6.45, 7) is 7.25. The second kappa shape index (κ2) is 12.0. The third kappa shape index (κ3) is 6.69. The molecule has 0 bridgehead atoms. The molecule has 1 aliphatic rings. The maximum atomic E-state index is 6.38. The van der Waals surface area contributed by atoms with Crippen LogP contribution in [0.1, 0.15) is 48.3 Å². The lowest BCUT2D eigenvalue weighted by Gasteiger charge is -2.44. The lowest BCUT2D eigenvalue weighted by Crippen LogP contribution is -2.33. The van der Waals surface area contributed by atoms with Gasteiger partial charge in [-0.2, -0.15) is 0 Å². The van der Waals surface area contributed by atoms with Crippen molar-refractivity contribution in [2.24, 2.45) is 4.99 Å². The zero-order valence-corrected chi connectivity index (χ0v) is 20.8. The highest BCUT2D eigenvalue weighted by molar-refractivity contribution is 8.29. The number of nitrogens with zero attached hydrogens (tertiary/aromatic N) is 6. The van der Waals surface area contributed by atoms with Crippen molar-refractivity contribution >= 4 is 33.6 Å². The van der Waals surface area contributed by atoms with Crippen molar-refractivity contribution in [3.8, 4) is 12.3 Å². The van der Waals surface area contributed by atoms with Crippen LogP contribution >= 0.6 is 10.3 Å². The lowest BCUT2D eigenvalue weighted by atomic mass is 10.2. The molecule has 3 heterocycles. The van der Waals surface area contributed by atoms with Crippen LogP contribution in [0.25, 0.3) is 11.2 Å². The Bertz CT molecular complexity index is 993. The minimum absolute atomic E-state index is 0. The Kier molecular flexibility index (Phi) is 10.5. The quantitative estimate of drug-likeness (QED) is 0.305. The molecule has 0 N–H and O–H groups in total. The molecule has 1 aliphatic heterocycles. The van der Waals surface area contributed by atoms with Gasteiger partial charge in [-0.25, -0.2) is 19.9 Å². The van der Waals surface area contributed by atoms with E-state index in [-0.39, 0.29) is 44.6 Å². The summed E-state index contributed by atoms with van der Waals surface area (Å²) in [6.07, 6.45) is 14.6. The summed E-state index contributed by atoms with van der Waals surface area (Å²) in [5.74, 6) is 3.06. The SMILES string of the molecule is C.C.C#CCOC1CC(n2cnc3c(/N=C/N(C)C)ncnc32)OC1COS(C)(C)C(C)(C)C. The number of fused-ring (bicyclic) bond motifs is 1. The van der Waals surface area contributed by atoms with Gasteiger partial charge in [0.2, 0.25) is 0 Å². The zero-order chi connectivity index (χ0) is 23.5. The Morgan fingerprint density at radius 2 is 2.00 bits per heavy atom. The van der Waals surface area contributed by atoms with Crippen LogP contribution in [-0.4, -0.2) is 87.5 Å². The molecule has 3 rings (SSSR count). The minimum atomic E-state index is -1.29. The highest BCUT2D eigenvalue weighted by Crippen LogP contribution is 2.54. The molecule has 0 saturated carbocycles. The molecule has 3 atom stereocenters. The second-order valence-electron chi connectivity index (χ2n) is 9.28. The van der Waals surface area contributed by atoms with Crippen molar-refractivity contribution in [3.63, 3.8) is 0 Å². The fourth-order valence-electron chi connectivity index (χ4n) is 3.08. The normalized spacial score (nSPS) is 21.2. The Balaban J connectivity index is 0.00000289. The molecular formula is C24H42N6O3S. The summed E-state index contributed by atoms with van der Waals surface area (Å²) in [5.41, 5.74) is 1.28. The molecule has 9 nitrogen and oxygen atoms in total. The molecule has 34 heavy (non-hydrogen) atoms. The molecule has 3 unspecified atom stereocenters. The van der Waals surface area contributed by atoms with Gasteiger partial charge >= 0.3 is 0 Å². The Hall–Kier alpha value is -2.19. The van der Waals surface area contributed by atoms with Gasteiger partial charge in [0, 0.05) is 25.3 Å². The van der Waals surface area contributed by atoms with Gasteiger partial charge in [-0.05, 0) is 12.5 Å². The van der Waals surface area contributed by atoms with Gasteiger partial charge in [-0.15, -0.1) is 16.7 Å². The summed E-state index contributed by atoms with van der Waals surface area (Å²) < 4.78 is 20.6. The first-order valence-electron chi connectivity index (χ1n) is 10.5. The molecule has 0 spiro atoms. The number of terminal acetylenes is 1. The average Bonchev–Trinajstić information content (AvgIpc) is 3.32. The monoisotopic (exact) mass is 494 g/mol. The first-order valence-corrected chi connectivity index (χ1v) is 12.9. The van der Waals surface area contributed by atoms with Crippen molar-refractivity contribution < 1.29 is 13.7 Å². The van der Waals surface area contributed by atoms with Gasteiger partial charge in [0.1, 0.15) is 25.3 Å². The van der Waals surface area contributed by atoms with E-state index in [2.05, 4.69) is 59.1 Å². The zero-order valence-electron chi connectivity index (χ0n) is 20.0. The van der Waals surface area contributed by atoms with Crippen molar-refractivity contribution in [2.75, 3.05) is 39.8 Å². The van der Waals surface area contributed by atoms with Crippen LogP contribution in [0.5, 0.6) is 0 Å². The average molecular weight is 495 g/mol. The van der Waals surface area contributed by atoms with Crippen LogP contribution < -0.4 is 0 Å². The van der Waals surface area contributed by atoms with E-state index >= 15 is 0 Å². The number of rotatable bonds is 8. The standard InChI is InChI=1S/C22H34N6O3S.2CH4/c1-9-10-29-16-11-18(31-17(16)12-30-32(7,8)22(2,3)4)28-15-25-19-20(26-14-27(5)6)23-13-24-21(19)28;;/h1,13-18H,10-12H2,2-8H3;2*1H4/b26-14+;;. The molecule has 2 aromatic rings. The predicted octanol–water partition coefficient (Wildman–Crippen LogP) is 4.42. The molecule has 10 heteroatoms. The van der Waals surface area contributed by atoms with Gasteiger partial charge in [0.15, 0.2) is 17.0 Å². The molecule has 0 aromatic carbocycles. The fraction of sp³-hybridized carbons (Fsp3) is 0.667. The molecular weight excluding hydrogens is 452 g/mol. The van der Waals surface area contributed by atoms with E-state index in [9.17, 15) is 0 Å². The van der Waals surface area contributed by atoms with Gasteiger partial charge < -0.3 is 18.6 Å². The van der Waals surface area contributed by atoms with Crippen LogP contribution in [-0.2, 0) is 13.7 Å². The summed E-state index contributed by atoms with van der Waals surface area (Å²) in [6, 6.07) is 0. The summed E-state index contributed by atoms with van der Waals surface area (Å²) >= 11 is 0. The third-order valence-electron chi connectivity index (χ3n) is 5.62. The van der Waals surface area contributed by atoms with E-state index in [1.807, 2.05) is 23.6 Å². The predicted molar refractivity (Wildman–Crippen MR) is 143 cm³/mol. The molecule has 0 aliphatic carbocycles. The molecule has 0 radical (unpaired) electrons. The number of aromatic nitrogens is 4. The molecule has 192 valence electrons. The van der Waals surface area contributed by atoms with Gasteiger partial charge in [0.05, 0.1) is 25.4 Å². The summed E-state index contributed by atoms with van der Waals surface area (Å²) in [7, 11) is 2.50. The maximum Gasteiger partial charge on any atom is 0.184 e. The van der Waals surface area contributed by atoms with E-state index in [0.717, 1.165) is 0 Å². The topological polar surface area (TPSA) is 86.9 Å². The van der Waals surface area contributed by atoms with Crippen LogP contribution in [0.4, 0.5) is 5.82 Å².